The highest BCUT2D eigenvalue weighted by atomic mass is 19.4. The van der Waals surface area contributed by atoms with Gasteiger partial charge in [0.1, 0.15) is 0 Å². The van der Waals surface area contributed by atoms with Gasteiger partial charge in [-0.2, -0.15) is 28.1 Å². The van der Waals surface area contributed by atoms with E-state index in [1.165, 1.54) is 0 Å². The molecule has 0 aliphatic carbocycles. The van der Waals surface area contributed by atoms with Crippen molar-refractivity contribution in [1.82, 2.24) is 36.2 Å². The minimum Gasteiger partial charge on any atom is -0.454 e. The minimum absolute atomic E-state index is 0.00959. The second-order valence-electron chi connectivity index (χ2n) is 9.09. The average molecular weight is 574 g/mol. The van der Waals surface area contributed by atoms with Crippen LogP contribution < -0.4 is 36.6 Å². The van der Waals surface area contributed by atoms with Crippen molar-refractivity contribution in [3.05, 3.63) is 65.2 Å². The minimum atomic E-state index is -4.57. The lowest BCUT2D eigenvalue weighted by Gasteiger charge is -2.13. The molecule has 3 aromatic rings. The lowest BCUT2D eigenvalue weighted by molar-refractivity contribution is -0.154. The summed E-state index contributed by atoms with van der Waals surface area (Å²) < 4.78 is 43.0. The summed E-state index contributed by atoms with van der Waals surface area (Å²) in [4.78, 5) is 36.3. The molecule has 41 heavy (non-hydrogen) atoms. The van der Waals surface area contributed by atoms with Gasteiger partial charge in [0.15, 0.2) is 6.61 Å². The molecule has 0 fully saturated rings. The topological polar surface area (TPSA) is 154 Å². The van der Waals surface area contributed by atoms with Crippen molar-refractivity contribution in [3.63, 3.8) is 0 Å². The number of nitrogens with zero attached hydrogens (tertiary/aromatic N) is 3. The van der Waals surface area contributed by atoms with Crippen LogP contribution >= 0.6 is 0 Å². The molecule has 0 spiro atoms. The number of urea groups is 2. The highest BCUT2D eigenvalue weighted by Gasteiger charge is 2.29. The van der Waals surface area contributed by atoms with Gasteiger partial charge >= 0.3 is 24.2 Å². The summed E-state index contributed by atoms with van der Waals surface area (Å²) in [5.74, 6) is -0.0126. The summed E-state index contributed by atoms with van der Waals surface area (Å²) in [5, 5.41) is 17.0. The maximum atomic E-state index is 12.7. The van der Waals surface area contributed by atoms with E-state index in [2.05, 4.69) is 46.9 Å². The Labute approximate surface area is 233 Å². The average Bonchev–Trinajstić information content (AvgIpc) is 2.95. The van der Waals surface area contributed by atoms with Gasteiger partial charge in [-0.15, -0.1) is 0 Å². The molecule has 0 atom stereocenters. The largest absolute Gasteiger partial charge is 0.454 e. The zero-order valence-electron chi connectivity index (χ0n) is 22.0. The Bertz CT molecular complexity index is 1310. The van der Waals surface area contributed by atoms with Gasteiger partial charge in [0.25, 0.3) is 0 Å². The van der Waals surface area contributed by atoms with Gasteiger partial charge in [0.05, 0.1) is 0 Å². The van der Waals surface area contributed by atoms with Crippen LogP contribution in [0.3, 0.4) is 0 Å². The fourth-order valence-electron chi connectivity index (χ4n) is 3.64. The number of alkyl halides is 3. The number of carbonyl (C=O) groups is 2. The first-order valence-electron chi connectivity index (χ1n) is 12.9. The van der Waals surface area contributed by atoms with E-state index >= 15 is 0 Å². The van der Waals surface area contributed by atoms with Crippen molar-refractivity contribution in [2.75, 3.05) is 30.3 Å². The molecular weight excluding hydrogens is 543 g/mol. The lowest BCUT2D eigenvalue weighted by atomic mass is 10.1. The normalized spacial score (nSPS) is 15.4. The van der Waals surface area contributed by atoms with Crippen LogP contribution in [0, 0.1) is 0 Å². The first-order chi connectivity index (χ1) is 19.7. The number of carbonyl (C=O) groups excluding carboxylic acids is 2. The van der Waals surface area contributed by atoms with Crippen molar-refractivity contribution in [3.8, 4) is 6.01 Å². The zero-order chi connectivity index (χ0) is 29.1. The molecule has 218 valence electrons. The lowest BCUT2D eigenvalue weighted by Crippen LogP contribution is -2.37. The van der Waals surface area contributed by atoms with Gasteiger partial charge in [-0.3, -0.25) is 0 Å². The summed E-state index contributed by atoms with van der Waals surface area (Å²) in [5.41, 5.74) is 3.11. The Balaban J connectivity index is 1.51. The van der Waals surface area contributed by atoms with Gasteiger partial charge in [0, 0.05) is 38.4 Å². The molecule has 4 amide bonds. The van der Waals surface area contributed by atoms with E-state index in [1.54, 1.807) is 24.3 Å². The molecule has 3 aliphatic rings. The second-order valence-corrected chi connectivity index (χ2v) is 9.09. The van der Waals surface area contributed by atoms with E-state index in [0.29, 0.717) is 38.2 Å². The molecule has 6 bridgehead atoms. The quantitative estimate of drug-likeness (QED) is 0.272. The predicted octanol–water partition coefficient (Wildman–Crippen LogP) is 3.56. The van der Waals surface area contributed by atoms with Crippen molar-refractivity contribution in [2.45, 2.75) is 38.7 Å². The molecule has 0 radical (unpaired) electrons. The maximum Gasteiger partial charge on any atom is 0.422 e. The fourth-order valence-corrected chi connectivity index (χ4v) is 3.64. The molecule has 1 aromatic heterocycles. The fraction of sp³-hybridized carbons (Fsp3) is 0.346. The number of ether oxygens (including phenoxy) is 1. The van der Waals surface area contributed by atoms with Crippen molar-refractivity contribution in [1.29, 1.82) is 0 Å². The van der Waals surface area contributed by atoms with Crippen LogP contribution in [0.4, 0.5) is 40.3 Å². The number of aromatic nitrogens is 3. The second kappa shape index (κ2) is 14.0. The number of fused-ring (bicyclic) bond motifs is 2. The number of nitrogens with one attached hydrogen (secondary N) is 6. The Hall–Kier alpha value is -4.82. The third-order valence-corrected chi connectivity index (χ3v) is 5.74. The van der Waals surface area contributed by atoms with Crippen LogP contribution in [-0.2, 0) is 19.6 Å². The monoisotopic (exact) mass is 573 g/mol. The Morgan fingerprint density at radius 1 is 0.659 bits per heavy atom. The first-order valence-corrected chi connectivity index (χ1v) is 12.9. The summed E-state index contributed by atoms with van der Waals surface area (Å²) in [7, 11) is 0. The Morgan fingerprint density at radius 3 is 1.68 bits per heavy atom. The van der Waals surface area contributed by atoms with Crippen LogP contribution in [0.1, 0.15) is 29.5 Å². The molecular formula is C26H30F3N9O3. The van der Waals surface area contributed by atoms with Crippen LogP contribution in [-0.4, -0.2) is 52.9 Å². The van der Waals surface area contributed by atoms with Crippen LogP contribution in [0.5, 0.6) is 6.01 Å². The summed E-state index contributed by atoms with van der Waals surface area (Å²) in [6, 6.07) is 13.3. The molecule has 12 nitrogen and oxygen atoms in total. The maximum absolute atomic E-state index is 12.7. The van der Waals surface area contributed by atoms with E-state index < -0.39 is 18.8 Å². The summed E-state index contributed by atoms with van der Waals surface area (Å²) >= 11 is 0. The summed E-state index contributed by atoms with van der Waals surface area (Å²) in [6.45, 7) is 0.252. The van der Waals surface area contributed by atoms with E-state index in [4.69, 9.17) is 4.74 Å². The van der Waals surface area contributed by atoms with Gasteiger partial charge in [-0.1, -0.05) is 36.4 Å². The Kier molecular flexibility index (Phi) is 9.96. The van der Waals surface area contributed by atoms with Gasteiger partial charge < -0.3 is 36.6 Å². The molecule has 0 saturated heterocycles. The number of hydrogen-bond acceptors (Lipinski definition) is 8. The van der Waals surface area contributed by atoms with E-state index in [-0.39, 0.29) is 37.0 Å². The van der Waals surface area contributed by atoms with Gasteiger partial charge in [-0.25, -0.2) is 9.59 Å². The zero-order valence-corrected chi connectivity index (χ0v) is 22.0. The SMILES string of the molecule is O=C1NCCCCNC(=O)NCc2ccc(cc2)Nc2nc(nc(OCC(F)(F)F)n2)NCc2ccc(cc2)CN1. The van der Waals surface area contributed by atoms with E-state index in [0.717, 1.165) is 16.7 Å². The number of rotatable bonds is 2. The standard InChI is InChI=1S/C26H30F3N9O3/c27-26(28,29)16-41-25-37-21-32-13-17-3-5-18(6-4-17)14-33-23(39)30-11-1-2-12-31-24(40)34-15-19-7-9-20(10-8-19)35-22(36-21)38-25/h3-10H,1-2,11-16H2,(H2,30,33,39)(H2,31,34,40)(H2,32,35,36,37,38). The van der Waals surface area contributed by atoms with Crippen molar-refractivity contribution < 1.29 is 27.5 Å². The predicted molar refractivity (Wildman–Crippen MR) is 145 cm³/mol. The summed E-state index contributed by atoms with van der Waals surface area (Å²) in [6.07, 6.45) is -3.16. The number of anilines is 3. The third-order valence-electron chi connectivity index (χ3n) is 5.74. The van der Waals surface area contributed by atoms with Gasteiger partial charge in [-0.05, 0) is 41.7 Å². The van der Waals surface area contributed by atoms with E-state index in [1.807, 2.05) is 24.3 Å². The van der Waals surface area contributed by atoms with Crippen molar-refractivity contribution in [2.24, 2.45) is 0 Å². The van der Waals surface area contributed by atoms with Crippen LogP contribution in [0.15, 0.2) is 48.5 Å². The van der Waals surface area contributed by atoms with Crippen LogP contribution in [0.25, 0.3) is 0 Å². The molecule has 3 aliphatic heterocycles. The molecule has 15 heteroatoms. The molecule has 6 N–H and O–H groups in total. The number of benzene rings is 2. The number of amides is 4. The Morgan fingerprint density at radius 2 is 1.15 bits per heavy atom. The number of halogens is 3. The molecule has 0 saturated carbocycles. The first kappa shape index (κ1) is 29.2. The van der Waals surface area contributed by atoms with Crippen LogP contribution in [0.2, 0.25) is 0 Å². The molecule has 4 heterocycles. The molecule has 0 unspecified atom stereocenters. The third kappa shape index (κ3) is 10.3. The number of hydrogen-bond donors (Lipinski definition) is 6. The highest BCUT2D eigenvalue weighted by Crippen LogP contribution is 2.20. The molecule has 2 aromatic carbocycles. The highest BCUT2D eigenvalue weighted by molar-refractivity contribution is 5.74. The van der Waals surface area contributed by atoms with Gasteiger partial charge in [0.2, 0.25) is 11.9 Å². The smallest absolute Gasteiger partial charge is 0.422 e. The molecule has 6 rings (SSSR count). The van der Waals surface area contributed by atoms with E-state index in [9.17, 15) is 22.8 Å². The van der Waals surface area contributed by atoms with Crippen molar-refractivity contribution >= 4 is 29.6 Å².